The molecule has 1 saturated heterocycles. The molecule has 1 aromatic carbocycles. The zero-order valence-electron chi connectivity index (χ0n) is 16.7. The highest BCUT2D eigenvalue weighted by Gasteiger charge is 2.26. The number of hydrogen-bond donors (Lipinski definition) is 3. The summed E-state index contributed by atoms with van der Waals surface area (Å²) in [6, 6.07) is 9.94. The lowest BCUT2D eigenvalue weighted by atomic mass is 10.2. The number of amides is 2. The number of rotatable bonds is 7. The van der Waals surface area contributed by atoms with E-state index in [2.05, 4.69) is 29.2 Å². The summed E-state index contributed by atoms with van der Waals surface area (Å²) in [4.78, 5) is 29.2. The van der Waals surface area contributed by atoms with Crippen LogP contribution in [0.3, 0.4) is 0 Å². The van der Waals surface area contributed by atoms with Crippen molar-refractivity contribution < 1.29 is 19.4 Å². The fourth-order valence-corrected chi connectivity index (χ4v) is 4.16. The third kappa shape index (κ3) is 6.15. The minimum Gasteiger partial charge on any atom is -0.327 e. The molecule has 0 radical (unpaired) electrons. The van der Waals surface area contributed by atoms with Crippen molar-refractivity contribution in [3.63, 3.8) is 0 Å². The Morgan fingerprint density at radius 1 is 1.18 bits per heavy atom. The first kappa shape index (κ1) is 20.5. The van der Waals surface area contributed by atoms with E-state index < -0.39 is 0 Å². The topological polar surface area (TPSA) is 58.3 Å². The first-order chi connectivity index (χ1) is 13.5. The van der Waals surface area contributed by atoms with Crippen LogP contribution < -0.4 is 15.1 Å². The number of nitrogens with one attached hydrogen (secondary N) is 3. The highest BCUT2D eigenvalue weighted by molar-refractivity contribution is 7.07. The molecular weight excluding hydrogens is 372 g/mol. The first-order valence-electron chi connectivity index (χ1n) is 9.80. The smallest absolute Gasteiger partial charge is 0.279 e. The lowest BCUT2D eigenvalue weighted by Crippen LogP contribution is -3.16. The third-order valence-electron chi connectivity index (χ3n) is 5.11. The van der Waals surface area contributed by atoms with Gasteiger partial charge in [-0.05, 0) is 35.9 Å². The molecule has 1 aliphatic heterocycles. The van der Waals surface area contributed by atoms with E-state index in [0.29, 0.717) is 13.1 Å². The van der Waals surface area contributed by atoms with Crippen LogP contribution in [0, 0.1) is 6.92 Å². The van der Waals surface area contributed by atoms with Gasteiger partial charge in [0.2, 0.25) is 0 Å². The van der Waals surface area contributed by atoms with Crippen LogP contribution in [0.4, 0.5) is 5.69 Å². The molecule has 1 unspecified atom stereocenters. The number of benzene rings is 1. The summed E-state index contributed by atoms with van der Waals surface area (Å²) in [6.07, 6.45) is 0. The van der Waals surface area contributed by atoms with Gasteiger partial charge in [-0.2, -0.15) is 11.3 Å². The maximum atomic E-state index is 12.6. The SMILES string of the molecule is Cc1ccc(NC(=O)C[NH+]2CCN(C(=O)C[NH+](C)Cc3ccsc3)CC2)cc1. The predicted molar refractivity (Wildman–Crippen MR) is 112 cm³/mol. The number of quaternary nitrogens is 2. The lowest BCUT2D eigenvalue weighted by molar-refractivity contribution is -0.896. The molecule has 1 atom stereocenters. The van der Waals surface area contributed by atoms with E-state index in [1.165, 1.54) is 20.9 Å². The quantitative estimate of drug-likeness (QED) is 0.581. The van der Waals surface area contributed by atoms with Gasteiger partial charge in [-0.15, -0.1) is 0 Å². The zero-order chi connectivity index (χ0) is 19.9. The van der Waals surface area contributed by atoms with Gasteiger partial charge >= 0.3 is 0 Å². The molecule has 0 bridgehead atoms. The van der Waals surface area contributed by atoms with Gasteiger partial charge in [-0.1, -0.05) is 17.7 Å². The van der Waals surface area contributed by atoms with E-state index in [1.807, 2.05) is 36.1 Å². The predicted octanol–water partition coefficient (Wildman–Crippen LogP) is -0.563. The minimum atomic E-state index is 0.0265. The third-order valence-corrected chi connectivity index (χ3v) is 5.84. The van der Waals surface area contributed by atoms with Gasteiger partial charge in [-0.25, -0.2) is 0 Å². The summed E-state index contributed by atoms with van der Waals surface area (Å²) in [5, 5.41) is 7.16. The molecule has 1 aromatic heterocycles. The van der Waals surface area contributed by atoms with Crippen molar-refractivity contribution in [2.24, 2.45) is 0 Å². The maximum absolute atomic E-state index is 12.6. The van der Waals surface area contributed by atoms with E-state index >= 15 is 0 Å². The van der Waals surface area contributed by atoms with E-state index in [1.54, 1.807) is 11.3 Å². The summed E-state index contributed by atoms with van der Waals surface area (Å²) in [5.74, 6) is 0.231. The Hall–Kier alpha value is -2.22. The van der Waals surface area contributed by atoms with Crippen molar-refractivity contribution in [2.45, 2.75) is 13.5 Å². The molecule has 2 heterocycles. The maximum Gasteiger partial charge on any atom is 0.279 e. The number of carbonyl (C=O) groups is 2. The Bertz CT molecular complexity index is 768. The molecule has 2 aromatic rings. The van der Waals surface area contributed by atoms with Crippen molar-refractivity contribution >= 4 is 28.8 Å². The number of carbonyl (C=O) groups excluding carboxylic acids is 2. The second-order valence-electron chi connectivity index (χ2n) is 7.66. The van der Waals surface area contributed by atoms with Crippen molar-refractivity contribution in [2.75, 3.05) is 51.6 Å². The fourth-order valence-electron chi connectivity index (χ4n) is 3.49. The van der Waals surface area contributed by atoms with Crippen LogP contribution in [0.2, 0.25) is 0 Å². The Balaban J connectivity index is 1.38. The molecule has 150 valence electrons. The number of anilines is 1. The van der Waals surface area contributed by atoms with Gasteiger partial charge in [0.05, 0.1) is 33.2 Å². The molecule has 1 aliphatic rings. The van der Waals surface area contributed by atoms with Gasteiger partial charge in [0.1, 0.15) is 6.54 Å². The number of nitrogens with zero attached hydrogens (tertiary/aromatic N) is 1. The van der Waals surface area contributed by atoms with Crippen molar-refractivity contribution in [1.29, 1.82) is 0 Å². The highest BCUT2D eigenvalue weighted by atomic mass is 32.1. The molecular formula is C21H30N4O2S+2. The lowest BCUT2D eigenvalue weighted by Gasteiger charge is -2.32. The second kappa shape index (κ2) is 9.82. The summed E-state index contributed by atoms with van der Waals surface area (Å²) in [5.41, 5.74) is 3.29. The zero-order valence-corrected chi connectivity index (χ0v) is 17.5. The summed E-state index contributed by atoms with van der Waals surface area (Å²) in [7, 11) is 2.06. The van der Waals surface area contributed by atoms with Gasteiger partial charge in [0.25, 0.3) is 11.8 Å². The molecule has 6 nitrogen and oxygen atoms in total. The van der Waals surface area contributed by atoms with E-state index in [9.17, 15) is 9.59 Å². The Kier molecular flexibility index (Phi) is 7.19. The van der Waals surface area contributed by atoms with E-state index in [-0.39, 0.29) is 11.8 Å². The molecule has 0 saturated carbocycles. The largest absolute Gasteiger partial charge is 0.327 e. The first-order valence-corrected chi connectivity index (χ1v) is 10.7. The van der Waals surface area contributed by atoms with Crippen LogP contribution >= 0.6 is 11.3 Å². The van der Waals surface area contributed by atoms with Crippen LogP contribution in [0.5, 0.6) is 0 Å². The fraction of sp³-hybridized carbons (Fsp3) is 0.429. The summed E-state index contributed by atoms with van der Waals surface area (Å²) >= 11 is 1.69. The van der Waals surface area contributed by atoms with Crippen molar-refractivity contribution in [3.05, 3.63) is 52.2 Å². The van der Waals surface area contributed by atoms with Crippen molar-refractivity contribution in [1.82, 2.24) is 4.90 Å². The van der Waals surface area contributed by atoms with E-state index in [0.717, 1.165) is 38.4 Å². The van der Waals surface area contributed by atoms with Crippen LogP contribution in [-0.4, -0.2) is 63.0 Å². The number of aryl methyl sites for hydroxylation is 1. The molecule has 3 rings (SSSR count). The average molecular weight is 403 g/mol. The van der Waals surface area contributed by atoms with Gasteiger partial charge < -0.3 is 20.0 Å². The molecule has 28 heavy (non-hydrogen) atoms. The van der Waals surface area contributed by atoms with E-state index in [4.69, 9.17) is 0 Å². The normalized spacial score (nSPS) is 16.0. The molecule has 1 fully saturated rings. The van der Waals surface area contributed by atoms with Gasteiger partial charge in [-0.3, -0.25) is 9.59 Å². The molecule has 7 heteroatoms. The number of piperazine rings is 1. The van der Waals surface area contributed by atoms with Crippen molar-refractivity contribution in [3.8, 4) is 0 Å². The monoisotopic (exact) mass is 402 g/mol. The molecule has 3 N–H and O–H groups in total. The summed E-state index contributed by atoms with van der Waals surface area (Å²) < 4.78 is 0. The van der Waals surface area contributed by atoms with Gasteiger partial charge in [0.15, 0.2) is 13.1 Å². The standard InChI is InChI=1S/C21H28N4O2S/c1-17-3-5-19(6-4-17)22-20(26)14-24-8-10-25(11-9-24)21(27)15-23(2)13-18-7-12-28-16-18/h3-7,12,16H,8-11,13-15H2,1-2H3,(H,22,26)/p+2. The van der Waals surface area contributed by atoms with Crippen LogP contribution in [0.25, 0.3) is 0 Å². The minimum absolute atomic E-state index is 0.0265. The second-order valence-corrected chi connectivity index (χ2v) is 8.44. The van der Waals surface area contributed by atoms with Crippen LogP contribution in [-0.2, 0) is 16.1 Å². The average Bonchev–Trinajstić information content (AvgIpc) is 3.17. The Morgan fingerprint density at radius 3 is 2.54 bits per heavy atom. The van der Waals surface area contributed by atoms with Gasteiger partial charge in [0, 0.05) is 11.3 Å². The van der Waals surface area contributed by atoms with Crippen LogP contribution in [0.15, 0.2) is 41.1 Å². The molecule has 0 aliphatic carbocycles. The summed E-state index contributed by atoms with van der Waals surface area (Å²) in [6.45, 7) is 6.93. The Labute approximate surface area is 170 Å². The number of hydrogen-bond acceptors (Lipinski definition) is 3. The molecule has 0 spiro atoms. The Morgan fingerprint density at radius 2 is 1.89 bits per heavy atom. The highest BCUT2D eigenvalue weighted by Crippen LogP contribution is 2.07. The number of thiophene rings is 1. The number of likely N-dealkylation sites (N-methyl/N-ethyl adjacent to an activating group) is 1. The van der Waals surface area contributed by atoms with Crippen LogP contribution in [0.1, 0.15) is 11.1 Å². The molecule has 2 amide bonds.